The number of aromatic nitrogens is 2. The van der Waals surface area contributed by atoms with Crippen LogP contribution in [0.5, 0.6) is 0 Å². The van der Waals surface area contributed by atoms with Crippen molar-refractivity contribution in [2.45, 2.75) is 57.9 Å². The third kappa shape index (κ3) is 3.56. The zero-order valence-electron chi connectivity index (χ0n) is 10.9. The predicted octanol–water partition coefficient (Wildman–Crippen LogP) is 3.42. The van der Waals surface area contributed by atoms with Crippen LogP contribution in [0, 0.1) is 5.92 Å². The van der Waals surface area contributed by atoms with Crippen molar-refractivity contribution in [3.05, 3.63) is 18.2 Å². The molecular weight excluding hydrogens is 210 g/mol. The maximum atomic E-state index is 4.46. The van der Waals surface area contributed by atoms with E-state index in [0.29, 0.717) is 6.04 Å². The Morgan fingerprint density at radius 3 is 2.71 bits per heavy atom. The highest BCUT2D eigenvalue weighted by Gasteiger charge is 2.25. The van der Waals surface area contributed by atoms with E-state index in [-0.39, 0.29) is 0 Å². The summed E-state index contributed by atoms with van der Waals surface area (Å²) in [4.78, 5) is 7.75. The first-order valence-corrected chi connectivity index (χ1v) is 7.14. The van der Waals surface area contributed by atoms with Gasteiger partial charge in [-0.3, -0.25) is 0 Å². The van der Waals surface area contributed by atoms with Crippen LogP contribution in [0.15, 0.2) is 12.4 Å². The van der Waals surface area contributed by atoms with E-state index in [4.69, 9.17) is 0 Å². The number of hydrogen-bond donors (Lipinski definition) is 2. The van der Waals surface area contributed by atoms with Gasteiger partial charge in [0.2, 0.25) is 0 Å². The van der Waals surface area contributed by atoms with Crippen molar-refractivity contribution < 1.29 is 0 Å². The van der Waals surface area contributed by atoms with Gasteiger partial charge in [-0.25, -0.2) is 4.98 Å². The molecule has 0 saturated heterocycles. The molecule has 1 atom stereocenters. The van der Waals surface area contributed by atoms with Crippen LogP contribution < -0.4 is 5.32 Å². The molecule has 1 saturated carbocycles. The van der Waals surface area contributed by atoms with Crippen molar-refractivity contribution in [2.75, 3.05) is 6.54 Å². The lowest BCUT2D eigenvalue weighted by molar-refractivity contribution is 0.315. The number of imidazole rings is 1. The summed E-state index contributed by atoms with van der Waals surface area (Å²) in [6.45, 7) is 3.31. The minimum atomic E-state index is 0.433. The molecule has 0 bridgehead atoms. The van der Waals surface area contributed by atoms with E-state index >= 15 is 0 Å². The van der Waals surface area contributed by atoms with Gasteiger partial charge in [-0.1, -0.05) is 32.6 Å². The van der Waals surface area contributed by atoms with Gasteiger partial charge in [0.05, 0.1) is 6.04 Å². The van der Waals surface area contributed by atoms with Crippen molar-refractivity contribution >= 4 is 0 Å². The Morgan fingerprint density at radius 2 is 2.12 bits per heavy atom. The van der Waals surface area contributed by atoms with Crippen molar-refractivity contribution in [3.63, 3.8) is 0 Å². The molecule has 1 fully saturated rings. The lowest BCUT2D eigenvalue weighted by atomic mass is 9.91. The fraction of sp³-hybridized carbons (Fsp3) is 0.786. The Kier molecular flexibility index (Phi) is 5.05. The zero-order valence-corrected chi connectivity index (χ0v) is 10.9. The number of nitrogens with one attached hydrogen (secondary N) is 2. The predicted molar refractivity (Wildman–Crippen MR) is 70.8 cm³/mol. The van der Waals surface area contributed by atoms with E-state index in [1.807, 2.05) is 12.4 Å². The summed E-state index contributed by atoms with van der Waals surface area (Å²) in [5.41, 5.74) is 0. The van der Waals surface area contributed by atoms with Gasteiger partial charge in [0.15, 0.2) is 0 Å². The zero-order chi connectivity index (χ0) is 11.9. The summed E-state index contributed by atoms with van der Waals surface area (Å²) in [6.07, 6.45) is 13.3. The Morgan fingerprint density at radius 1 is 1.35 bits per heavy atom. The summed E-state index contributed by atoms with van der Waals surface area (Å²) >= 11 is 0. The van der Waals surface area contributed by atoms with Gasteiger partial charge < -0.3 is 10.3 Å². The molecule has 0 amide bonds. The molecule has 1 unspecified atom stereocenters. The average Bonchev–Trinajstić information content (AvgIpc) is 2.73. The molecule has 1 heterocycles. The molecule has 1 aliphatic rings. The van der Waals surface area contributed by atoms with Crippen LogP contribution in [-0.4, -0.2) is 16.5 Å². The smallest absolute Gasteiger partial charge is 0.123 e. The SMILES string of the molecule is CCCNC(c1ncc[nH]1)C1CCCCCC1. The second-order valence-electron chi connectivity index (χ2n) is 5.16. The first-order chi connectivity index (χ1) is 8.42. The fourth-order valence-electron chi connectivity index (χ4n) is 2.88. The minimum absolute atomic E-state index is 0.433. The minimum Gasteiger partial charge on any atom is -0.347 e. The maximum absolute atomic E-state index is 4.46. The van der Waals surface area contributed by atoms with Gasteiger partial charge >= 0.3 is 0 Å². The van der Waals surface area contributed by atoms with Crippen LogP contribution in [0.1, 0.15) is 63.7 Å². The highest BCUT2D eigenvalue weighted by atomic mass is 15.0. The monoisotopic (exact) mass is 235 g/mol. The number of aromatic amines is 1. The third-order valence-electron chi connectivity index (χ3n) is 3.80. The van der Waals surface area contributed by atoms with Gasteiger partial charge in [-0.15, -0.1) is 0 Å². The molecule has 1 aromatic rings. The second-order valence-corrected chi connectivity index (χ2v) is 5.16. The number of nitrogens with zero attached hydrogens (tertiary/aromatic N) is 1. The molecule has 17 heavy (non-hydrogen) atoms. The molecule has 0 spiro atoms. The van der Waals surface area contributed by atoms with E-state index < -0.39 is 0 Å². The van der Waals surface area contributed by atoms with Crippen LogP contribution in [0.4, 0.5) is 0 Å². The lowest BCUT2D eigenvalue weighted by Gasteiger charge is -2.25. The van der Waals surface area contributed by atoms with Gasteiger partial charge in [0, 0.05) is 12.4 Å². The topological polar surface area (TPSA) is 40.7 Å². The molecule has 2 N–H and O–H groups in total. The molecule has 1 aliphatic carbocycles. The molecule has 0 aliphatic heterocycles. The van der Waals surface area contributed by atoms with Crippen molar-refractivity contribution in [3.8, 4) is 0 Å². The molecule has 0 radical (unpaired) electrons. The first-order valence-electron chi connectivity index (χ1n) is 7.14. The Hall–Kier alpha value is -0.830. The van der Waals surface area contributed by atoms with Gasteiger partial charge in [-0.05, 0) is 31.7 Å². The maximum Gasteiger partial charge on any atom is 0.123 e. The second kappa shape index (κ2) is 6.80. The van der Waals surface area contributed by atoms with Gasteiger partial charge in [0.1, 0.15) is 5.82 Å². The summed E-state index contributed by atoms with van der Waals surface area (Å²) in [7, 11) is 0. The van der Waals surface area contributed by atoms with E-state index in [0.717, 1.165) is 18.3 Å². The van der Waals surface area contributed by atoms with E-state index in [1.165, 1.54) is 44.9 Å². The Bertz CT molecular complexity index is 286. The fourth-order valence-corrected chi connectivity index (χ4v) is 2.88. The molecule has 96 valence electrons. The van der Waals surface area contributed by atoms with Gasteiger partial charge in [-0.2, -0.15) is 0 Å². The average molecular weight is 235 g/mol. The van der Waals surface area contributed by atoms with Crippen molar-refractivity contribution in [1.82, 2.24) is 15.3 Å². The molecule has 2 rings (SSSR count). The van der Waals surface area contributed by atoms with Crippen molar-refractivity contribution in [2.24, 2.45) is 5.92 Å². The quantitative estimate of drug-likeness (QED) is 0.768. The Balaban J connectivity index is 2.02. The van der Waals surface area contributed by atoms with Crippen LogP contribution in [0.25, 0.3) is 0 Å². The van der Waals surface area contributed by atoms with Crippen LogP contribution in [0.2, 0.25) is 0 Å². The molecule has 3 nitrogen and oxygen atoms in total. The van der Waals surface area contributed by atoms with E-state index in [1.54, 1.807) is 0 Å². The number of H-pyrrole nitrogens is 1. The summed E-state index contributed by atoms with van der Waals surface area (Å²) in [5.74, 6) is 1.89. The van der Waals surface area contributed by atoms with E-state index in [9.17, 15) is 0 Å². The van der Waals surface area contributed by atoms with E-state index in [2.05, 4.69) is 22.2 Å². The summed E-state index contributed by atoms with van der Waals surface area (Å²) in [6, 6.07) is 0.433. The molecule has 0 aromatic carbocycles. The first kappa shape index (κ1) is 12.6. The highest BCUT2D eigenvalue weighted by molar-refractivity contribution is 4.98. The molecule has 1 aromatic heterocycles. The van der Waals surface area contributed by atoms with Gasteiger partial charge in [0.25, 0.3) is 0 Å². The Labute approximate surface area is 104 Å². The van der Waals surface area contributed by atoms with Crippen LogP contribution in [0.3, 0.4) is 0 Å². The van der Waals surface area contributed by atoms with Crippen LogP contribution in [-0.2, 0) is 0 Å². The number of rotatable bonds is 5. The standard InChI is InChI=1S/C14H25N3/c1-2-9-15-13(14-16-10-11-17-14)12-7-5-3-4-6-8-12/h10-13,15H,2-9H2,1H3,(H,16,17). The number of hydrogen-bond acceptors (Lipinski definition) is 2. The summed E-state index contributed by atoms with van der Waals surface area (Å²) in [5, 5.41) is 3.68. The van der Waals surface area contributed by atoms with Crippen molar-refractivity contribution in [1.29, 1.82) is 0 Å². The third-order valence-corrected chi connectivity index (χ3v) is 3.80. The largest absolute Gasteiger partial charge is 0.347 e. The molecule has 3 heteroatoms. The molecular formula is C14H25N3. The highest BCUT2D eigenvalue weighted by Crippen LogP contribution is 2.32. The normalized spacial score (nSPS) is 20.1. The summed E-state index contributed by atoms with van der Waals surface area (Å²) < 4.78 is 0. The van der Waals surface area contributed by atoms with Crippen LogP contribution >= 0.6 is 0 Å². The lowest BCUT2D eigenvalue weighted by Crippen LogP contribution is -2.29.